The monoisotopic (exact) mass is 776 g/mol. The van der Waals surface area contributed by atoms with E-state index in [0.717, 1.165) is 29.8 Å². The fourth-order valence-electron chi connectivity index (χ4n) is 2.85. The van der Waals surface area contributed by atoms with Crippen molar-refractivity contribution in [2.24, 2.45) is 0 Å². The average Bonchev–Trinajstić information content (AvgIpc) is 2.79. The summed E-state index contributed by atoms with van der Waals surface area (Å²) in [6.07, 6.45) is 1.58. The first-order valence-corrected chi connectivity index (χ1v) is 13.2. The van der Waals surface area contributed by atoms with Gasteiger partial charge in [-0.3, -0.25) is 4.79 Å². The molecule has 3 rings (SSSR count). The molecule has 0 unspecified atom stereocenters. The van der Waals surface area contributed by atoms with Gasteiger partial charge in [-0.1, -0.05) is 12.1 Å². The molecule has 0 atom stereocenters. The maximum Gasteiger partial charge on any atom is 0.266 e. The number of nitriles is 1. The number of rotatable bonds is 8. The summed E-state index contributed by atoms with van der Waals surface area (Å²) in [5.74, 6) is 1.04. The van der Waals surface area contributed by atoms with Crippen LogP contribution in [0.5, 0.6) is 11.5 Å². The molecular formula is C25H19I3N2O3. The van der Waals surface area contributed by atoms with Crippen molar-refractivity contribution in [3.63, 3.8) is 0 Å². The van der Waals surface area contributed by atoms with Crippen LogP contribution < -0.4 is 14.8 Å². The molecule has 0 aliphatic carbocycles. The van der Waals surface area contributed by atoms with E-state index >= 15 is 0 Å². The Labute approximate surface area is 234 Å². The first-order valence-electron chi connectivity index (χ1n) is 9.92. The number of amides is 1. The second-order valence-electron chi connectivity index (χ2n) is 6.81. The summed E-state index contributed by atoms with van der Waals surface area (Å²) in [6, 6.07) is 21.0. The van der Waals surface area contributed by atoms with Crippen molar-refractivity contribution in [1.29, 1.82) is 5.26 Å². The van der Waals surface area contributed by atoms with Gasteiger partial charge in [0.1, 0.15) is 29.7 Å². The number of anilines is 1. The summed E-state index contributed by atoms with van der Waals surface area (Å²) in [5, 5.41) is 12.3. The van der Waals surface area contributed by atoms with Gasteiger partial charge in [0.05, 0.1) is 13.7 Å². The second-order valence-corrected chi connectivity index (χ2v) is 10.4. The highest BCUT2D eigenvalue weighted by molar-refractivity contribution is 14.1. The lowest BCUT2D eigenvalue weighted by atomic mass is 10.1. The molecule has 5 nitrogen and oxygen atoms in total. The van der Waals surface area contributed by atoms with Crippen LogP contribution in [0, 0.1) is 22.0 Å². The molecule has 0 bridgehead atoms. The molecule has 0 heterocycles. The van der Waals surface area contributed by atoms with Crippen molar-refractivity contribution in [1.82, 2.24) is 0 Å². The largest absolute Gasteiger partial charge is 0.494 e. The second kappa shape index (κ2) is 12.6. The van der Waals surface area contributed by atoms with Crippen LogP contribution in [0.1, 0.15) is 18.1 Å². The van der Waals surface area contributed by atoms with Gasteiger partial charge < -0.3 is 14.8 Å². The number of ether oxygens (including phenoxy) is 2. The zero-order chi connectivity index (χ0) is 23.8. The molecular weight excluding hydrogens is 757 g/mol. The minimum atomic E-state index is -0.467. The maximum absolute atomic E-state index is 12.6. The van der Waals surface area contributed by atoms with Gasteiger partial charge in [0.2, 0.25) is 0 Å². The molecule has 3 aromatic carbocycles. The van der Waals surface area contributed by atoms with Crippen molar-refractivity contribution < 1.29 is 14.3 Å². The molecule has 0 aromatic heterocycles. The summed E-state index contributed by atoms with van der Waals surface area (Å²) in [4.78, 5) is 12.6. The van der Waals surface area contributed by atoms with E-state index in [0.29, 0.717) is 18.9 Å². The van der Waals surface area contributed by atoms with Gasteiger partial charge in [-0.25, -0.2) is 0 Å². The van der Waals surface area contributed by atoms with Gasteiger partial charge in [0.25, 0.3) is 5.91 Å². The van der Waals surface area contributed by atoms with Crippen LogP contribution in [0.2, 0.25) is 0 Å². The number of benzene rings is 3. The van der Waals surface area contributed by atoms with Crippen molar-refractivity contribution in [3.8, 4) is 17.6 Å². The van der Waals surface area contributed by atoms with Crippen LogP contribution in [0.25, 0.3) is 6.08 Å². The highest BCUT2D eigenvalue weighted by Gasteiger charge is 2.13. The molecule has 0 fully saturated rings. The standard InChI is InChI=1S/C25H19I3N2O3/c1-2-32-21-9-7-20(8-10-21)30-25(31)18(14-29)11-17-12-22(27)24(23(28)13-17)33-15-16-3-5-19(26)6-4-16/h3-13H,2,15H2,1H3,(H,30,31)/b18-11-. The molecule has 0 aliphatic heterocycles. The normalized spacial score (nSPS) is 10.9. The fraction of sp³-hybridized carbons (Fsp3) is 0.120. The Morgan fingerprint density at radius 3 is 2.21 bits per heavy atom. The number of carbonyl (C=O) groups excluding carboxylic acids is 1. The van der Waals surface area contributed by atoms with Crippen LogP contribution in [-0.2, 0) is 11.4 Å². The molecule has 0 aliphatic rings. The SMILES string of the molecule is CCOc1ccc(NC(=O)/C(C#N)=C\c2cc(I)c(OCc3ccc(I)cc3)c(I)c2)cc1. The quantitative estimate of drug-likeness (QED) is 0.152. The summed E-state index contributed by atoms with van der Waals surface area (Å²) in [7, 11) is 0. The minimum absolute atomic E-state index is 0.0167. The maximum atomic E-state index is 12.6. The van der Waals surface area contributed by atoms with E-state index in [4.69, 9.17) is 9.47 Å². The summed E-state index contributed by atoms with van der Waals surface area (Å²) >= 11 is 6.69. The van der Waals surface area contributed by atoms with Crippen LogP contribution in [-0.4, -0.2) is 12.5 Å². The van der Waals surface area contributed by atoms with Crippen LogP contribution >= 0.6 is 67.8 Å². The van der Waals surface area contributed by atoms with Gasteiger partial charge in [-0.05, 0) is 140 Å². The molecule has 1 amide bonds. The van der Waals surface area contributed by atoms with Crippen LogP contribution in [0.4, 0.5) is 5.69 Å². The van der Waals surface area contributed by atoms with E-state index in [2.05, 4.69) is 73.1 Å². The van der Waals surface area contributed by atoms with Gasteiger partial charge >= 0.3 is 0 Å². The van der Waals surface area contributed by atoms with E-state index in [1.165, 1.54) is 3.57 Å². The first kappa shape index (κ1) is 25.8. The Kier molecular flexibility index (Phi) is 9.81. The van der Waals surface area contributed by atoms with Gasteiger partial charge in [-0.15, -0.1) is 0 Å². The number of nitrogens with zero attached hydrogens (tertiary/aromatic N) is 1. The molecule has 1 N–H and O–H groups in total. The molecule has 8 heteroatoms. The predicted molar refractivity (Wildman–Crippen MR) is 155 cm³/mol. The van der Waals surface area contributed by atoms with Gasteiger partial charge in [0.15, 0.2) is 0 Å². The molecule has 0 saturated heterocycles. The average molecular weight is 776 g/mol. The number of carbonyl (C=O) groups is 1. The Balaban J connectivity index is 1.72. The van der Waals surface area contributed by atoms with Gasteiger partial charge in [-0.2, -0.15) is 5.26 Å². The topological polar surface area (TPSA) is 71.3 Å². The first-order chi connectivity index (χ1) is 15.9. The number of nitrogens with one attached hydrogen (secondary N) is 1. The van der Waals surface area contributed by atoms with E-state index < -0.39 is 5.91 Å². The Bertz CT molecular complexity index is 1180. The third-order valence-corrected chi connectivity index (χ3v) is 6.74. The Morgan fingerprint density at radius 1 is 1.00 bits per heavy atom. The Morgan fingerprint density at radius 2 is 1.64 bits per heavy atom. The number of halogens is 3. The number of hydrogen-bond donors (Lipinski definition) is 1. The molecule has 0 spiro atoms. The molecule has 168 valence electrons. The predicted octanol–water partition coefficient (Wildman–Crippen LogP) is 7.02. The summed E-state index contributed by atoms with van der Waals surface area (Å²) in [6.45, 7) is 2.94. The molecule has 3 aromatic rings. The molecule has 0 radical (unpaired) electrons. The number of hydrogen-bond acceptors (Lipinski definition) is 4. The molecule has 0 saturated carbocycles. The fourth-order valence-corrected chi connectivity index (χ4v) is 5.34. The third-order valence-electron chi connectivity index (χ3n) is 4.42. The van der Waals surface area contributed by atoms with E-state index in [9.17, 15) is 10.1 Å². The van der Waals surface area contributed by atoms with E-state index in [1.807, 2.05) is 49.4 Å². The molecule has 33 heavy (non-hydrogen) atoms. The van der Waals surface area contributed by atoms with Crippen molar-refractivity contribution >= 4 is 85.4 Å². The summed E-state index contributed by atoms with van der Waals surface area (Å²) in [5.41, 5.74) is 2.45. The highest BCUT2D eigenvalue weighted by atomic mass is 127. The summed E-state index contributed by atoms with van der Waals surface area (Å²) < 4.78 is 14.4. The van der Waals surface area contributed by atoms with Gasteiger partial charge in [0, 0.05) is 9.26 Å². The lowest BCUT2D eigenvalue weighted by molar-refractivity contribution is -0.112. The lowest BCUT2D eigenvalue weighted by Gasteiger charge is -2.12. The van der Waals surface area contributed by atoms with Crippen molar-refractivity contribution in [2.45, 2.75) is 13.5 Å². The smallest absolute Gasteiger partial charge is 0.266 e. The third kappa shape index (κ3) is 7.58. The van der Waals surface area contributed by atoms with Crippen LogP contribution in [0.15, 0.2) is 66.2 Å². The highest BCUT2D eigenvalue weighted by Crippen LogP contribution is 2.30. The van der Waals surface area contributed by atoms with Crippen molar-refractivity contribution in [2.75, 3.05) is 11.9 Å². The minimum Gasteiger partial charge on any atom is -0.494 e. The van der Waals surface area contributed by atoms with Crippen molar-refractivity contribution in [3.05, 3.63) is 88.1 Å². The Hall–Kier alpha value is -1.85. The lowest BCUT2D eigenvalue weighted by Crippen LogP contribution is -2.13. The van der Waals surface area contributed by atoms with Crippen LogP contribution in [0.3, 0.4) is 0 Å². The zero-order valence-electron chi connectivity index (χ0n) is 17.6. The van der Waals surface area contributed by atoms with E-state index in [-0.39, 0.29) is 5.57 Å². The zero-order valence-corrected chi connectivity index (χ0v) is 24.0. The van der Waals surface area contributed by atoms with E-state index in [1.54, 1.807) is 30.3 Å².